The standard InChI is InChI=1S/C55H42N4O/c1-54(2)27-28-55(3,4)45-32-47-43(31-44(45)54)49-39-16-9-8-13-33(39)24-26-46(49)59(47)38-25-23-35-29-37(22-21-36(35)30-38)52-56-51(34-14-6-5-7-15-34)57-53(58-52)42-19-12-18-41-40-17-10-11-20-48(40)60-50(41)42/h5-26,29-32H,27-28H2,1-4H3. The van der Waals surface area contributed by atoms with Crippen molar-refractivity contribution in [3.63, 3.8) is 0 Å². The molecule has 0 N–H and O–H groups in total. The predicted molar refractivity (Wildman–Crippen MR) is 248 cm³/mol. The minimum atomic E-state index is 0.0933. The quantitative estimate of drug-likeness (QED) is 0.179. The molecule has 0 bridgehead atoms. The SMILES string of the molecule is CC1(C)CCC(C)(C)c2cc3c(cc21)c1c2ccccc2ccc1n3-c1ccc2cc(-c3nc(-c4ccccc4)nc(-c4cccc5c4oc4ccccc45)n3)ccc2c1. The number of hydrogen-bond donors (Lipinski definition) is 0. The second kappa shape index (κ2) is 12.7. The van der Waals surface area contributed by atoms with Crippen LogP contribution in [0.5, 0.6) is 0 Å². The van der Waals surface area contributed by atoms with Gasteiger partial charge in [-0.05, 0) is 105 Å². The van der Waals surface area contributed by atoms with E-state index in [2.05, 4.69) is 135 Å². The van der Waals surface area contributed by atoms with Crippen LogP contribution in [-0.2, 0) is 10.8 Å². The monoisotopic (exact) mass is 774 g/mol. The molecule has 0 radical (unpaired) electrons. The second-order valence-electron chi connectivity index (χ2n) is 17.9. The summed E-state index contributed by atoms with van der Waals surface area (Å²) in [6.07, 6.45) is 2.35. The zero-order valence-electron chi connectivity index (χ0n) is 34.1. The molecule has 0 spiro atoms. The molecule has 0 saturated heterocycles. The van der Waals surface area contributed by atoms with Gasteiger partial charge in [-0.3, -0.25) is 0 Å². The number of aromatic nitrogens is 4. The molecule has 1 aliphatic rings. The van der Waals surface area contributed by atoms with Gasteiger partial charge in [-0.25, -0.2) is 15.0 Å². The largest absolute Gasteiger partial charge is 0.455 e. The van der Waals surface area contributed by atoms with Crippen LogP contribution in [0.1, 0.15) is 51.7 Å². The Labute approximate surface area is 348 Å². The number of para-hydroxylation sites is 2. The van der Waals surface area contributed by atoms with Gasteiger partial charge in [0, 0.05) is 38.4 Å². The molecule has 0 aliphatic heterocycles. The molecule has 11 aromatic rings. The van der Waals surface area contributed by atoms with Crippen LogP contribution in [0.4, 0.5) is 0 Å². The van der Waals surface area contributed by atoms with E-state index in [0.29, 0.717) is 17.5 Å². The van der Waals surface area contributed by atoms with Crippen molar-refractivity contribution in [3.05, 3.63) is 169 Å². The summed E-state index contributed by atoms with van der Waals surface area (Å²) < 4.78 is 8.94. The number of furan rings is 1. The van der Waals surface area contributed by atoms with E-state index in [1.54, 1.807) is 0 Å². The van der Waals surface area contributed by atoms with E-state index in [0.717, 1.165) is 55.1 Å². The summed E-state index contributed by atoms with van der Waals surface area (Å²) >= 11 is 0. The lowest BCUT2D eigenvalue weighted by molar-refractivity contribution is 0.332. The van der Waals surface area contributed by atoms with E-state index in [9.17, 15) is 0 Å². The van der Waals surface area contributed by atoms with Gasteiger partial charge in [0.15, 0.2) is 17.5 Å². The van der Waals surface area contributed by atoms with Crippen molar-refractivity contribution in [1.29, 1.82) is 0 Å². The highest BCUT2D eigenvalue weighted by Crippen LogP contribution is 2.49. The average Bonchev–Trinajstić information content (AvgIpc) is 3.83. The maximum Gasteiger partial charge on any atom is 0.167 e. The Bertz CT molecular complexity index is 3550. The lowest BCUT2D eigenvalue weighted by Crippen LogP contribution is -2.33. The van der Waals surface area contributed by atoms with Gasteiger partial charge in [-0.1, -0.05) is 137 Å². The molecule has 8 aromatic carbocycles. The summed E-state index contributed by atoms with van der Waals surface area (Å²) in [5.41, 5.74) is 11.1. The van der Waals surface area contributed by atoms with E-state index in [4.69, 9.17) is 19.4 Å². The Morgan fingerprint density at radius 3 is 1.95 bits per heavy atom. The first kappa shape index (κ1) is 34.9. The number of hydrogen-bond acceptors (Lipinski definition) is 4. The highest BCUT2D eigenvalue weighted by atomic mass is 16.3. The molecule has 12 rings (SSSR count). The van der Waals surface area contributed by atoms with Gasteiger partial charge in [0.1, 0.15) is 11.2 Å². The predicted octanol–water partition coefficient (Wildman–Crippen LogP) is 14.5. The highest BCUT2D eigenvalue weighted by Gasteiger charge is 2.38. The maximum absolute atomic E-state index is 6.45. The number of rotatable bonds is 4. The van der Waals surface area contributed by atoms with Crippen molar-refractivity contribution in [2.45, 2.75) is 51.4 Å². The van der Waals surface area contributed by atoms with E-state index >= 15 is 0 Å². The van der Waals surface area contributed by atoms with Crippen LogP contribution in [0.3, 0.4) is 0 Å². The smallest absolute Gasteiger partial charge is 0.167 e. The number of fused-ring (bicyclic) bond motifs is 10. The van der Waals surface area contributed by atoms with E-state index < -0.39 is 0 Å². The minimum Gasteiger partial charge on any atom is -0.455 e. The van der Waals surface area contributed by atoms with E-state index in [1.165, 1.54) is 56.5 Å². The first-order valence-corrected chi connectivity index (χ1v) is 21.0. The minimum absolute atomic E-state index is 0.0933. The van der Waals surface area contributed by atoms with E-state index in [1.807, 2.05) is 54.6 Å². The first-order valence-electron chi connectivity index (χ1n) is 21.0. The Hall–Kier alpha value is -7.11. The molecular formula is C55H42N4O. The Morgan fingerprint density at radius 2 is 1.12 bits per heavy atom. The number of benzene rings is 8. The number of nitrogens with zero attached hydrogens (tertiary/aromatic N) is 4. The third-order valence-electron chi connectivity index (χ3n) is 13.3. The maximum atomic E-state index is 6.45. The highest BCUT2D eigenvalue weighted by molar-refractivity contribution is 6.21. The third kappa shape index (κ3) is 5.28. The molecule has 0 unspecified atom stereocenters. The molecular weight excluding hydrogens is 733 g/mol. The normalized spacial score (nSPS) is 14.8. The van der Waals surface area contributed by atoms with Crippen LogP contribution >= 0.6 is 0 Å². The molecule has 0 fully saturated rings. The topological polar surface area (TPSA) is 56.7 Å². The summed E-state index contributed by atoms with van der Waals surface area (Å²) in [5, 5.41) is 9.57. The summed E-state index contributed by atoms with van der Waals surface area (Å²) in [6, 6.07) is 56.3. The Morgan fingerprint density at radius 1 is 0.467 bits per heavy atom. The second-order valence-corrected chi connectivity index (χ2v) is 17.9. The molecule has 288 valence electrons. The summed E-state index contributed by atoms with van der Waals surface area (Å²) in [5.74, 6) is 1.81. The lowest BCUT2D eigenvalue weighted by atomic mass is 9.63. The summed E-state index contributed by atoms with van der Waals surface area (Å²) in [7, 11) is 0. The van der Waals surface area contributed by atoms with Crippen LogP contribution in [-0.4, -0.2) is 19.5 Å². The van der Waals surface area contributed by atoms with Gasteiger partial charge < -0.3 is 8.98 Å². The first-order chi connectivity index (χ1) is 29.2. The van der Waals surface area contributed by atoms with Gasteiger partial charge >= 0.3 is 0 Å². The van der Waals surface area contributed by atoms with Crippen molar-refractivity contribution in [2.24, 2.45) is 0 Å². The molecule has 3 heterocycles. The fourth-order valence-electron chi connectivity index (χ4n) is 9.90. The van der Waals surface area contributed by atoms with Crippen LogP contribution in [0.2, 0.25) is 0 Å². The zero-order valence-corrected chi connectivity index (χ0v) is 34.1. The Balaban J connectivity index is 1.03. The van der Waals surface area contributed by atoms with Crippen molar-refractivity contribution in [3.8, 4) is 39.9 Å². The van der Waals surface area contributed by atoms with Gasteiger partial charge in [0.25, 0.3) is 0 Å². The lowest BCUT2D eigenvalue weighted by Gasteiger charge is -2.42. The molecule has 5 heteroatoms. The van der Waals surface area contributed by atoms with Gasteiger partial charge in [0.05, 0.1) is 16.6 Å². The molecule has 5 nitrogen and oxygen atoms in total. The van der Waals surface area contributed by atoms with Crippen molar-refractivity contribution < 1.29 is 4.42 Å². The van der Waals surface area contributed by atoms with Crippen molar-refractivity contribution in [1.82, 2.24) is 19.5 Å². The van der Waals surface area contributed by atoms with Gasteiger partial charge in [-0.2, -0.15) is 0 Å². The van der Waals surface area contributed by atoms with Crippen LogP contribution < -0.4 is 0 Å². The van der Waals surface area contributed by atoms with Crippen LogP contribution in [0.25, 0.3) is 105 Å². The zero-order chi connectivity index (χ0) is 40.3. The van der Waals surface area contributed by atoms with Crippen LogP contribution in [0, 0.1) is 0 Å². The molecule has 0 amide bonds. The molecule has 0 saturated carbocycles. The molecule has 3 aromatic heterocycles. The van der Waals surface area contributed by atoms with Crippen molar-refractivity contribution in [2.75, 3.05) is 0 Å². The molecule has 60 heavy (non-hydrogen) atoms. The fourth-order valence-corrected chi connectivity index (χ4v) is 9.90. The fraction of sp³-hybridized carbons (Fsp3) is 0.145. The summed E-state index contributed by atoms with van der Waals surface area (Å²) in [6.45, 7) is 9.67. The van der Waals surface area contributed by atoms with Crippen LogP contribution in [0.15, 0.2) is 162 Å². The molecule has 0 atom stereocenters. The van der Waals surface area contributed by atoms with Gasteiger partial charge in [-0.15, -0.1) is 0 Å². The van der Waals surface area contributed by atoms with Gasteiger partial charge in [0.2, 0.25) is 0 Å². The molecule has 1 aliphatic carbocycles. The average molecular weight is 775 g/mol. The van der Waals surface area contributed by atoms with Crippen molar-refractivity contribution >= 4 is 65.3 Å². The third-order valence-corrected chi connectivity index (χ3v) is 13.3. The van der Waals surface area contributed by atoms with E-state index in [-0.39, 0.29) is 10.8 Å². The Kier molecular flexibility index (Phi) is 7.38. The summed E-state index contributed by atoms with van der Waals surface area (Å²) in [4.78, 5) is 15.3.